The van der Waals surface area contributed by atoms with Crippen LogP contribution in [0.15, 0.2) is 46.9 Å². The molecule has 5 nitrogen and oxygen atoms in total. The minimum atomic E-state index is -0.449. The van der Waals surface area contributed by atoms with Gasteiger partial charge in [-0.3, -0.25) is 9.59 Å². The van der Waals surface area contributed by atoms with Crippen molar-refractivity contribution in [2.24, 2.45) is 0 Å². The molecule has 3 N–H and O–H groups in total. The molecule has 2 aromatic rings. The Morgan fingerprint density at radius 2 is 1.96 bits per heavy atom. The Morgan fingerprint density at radius 3 is 2.67 bits per heavy atom. The van der Waals surface area contributed by atoms with Crippen molar-refractivity contribution in [1.29, 1.82) is 0 Å². The van der Waals surface area contributed by atoms with Gasteiger partial charge in [0.2, 0.25) is 5.91 Å². The van der Waals surface area contributed by atoms with Crippen LogP contribution in [-0.4, -0.2) is 24.9 Å². The molecule has 0 atom stereocenters. The molecule has 0 aromatic heterocycles. The van der Waals surface area contributed by atoms with Crippen LogP contribution >= 0.6 is 15.9 Å². The normalized spacial score (nSPS) is 10.1. The number of nitrogens with one attached hydrogen (secondary N) is 3. The number of halogens is 2. The number of anilines is 2. The minimum absolute atomic E-state index is 0.0933. The van der Waals surface area contributed by atoms with E-state index in [9.17, 15) is 14.0 Å². The summed E-state index contributed by atoms with van der Waals surface area (Å²) in [6.45, 7) is 2.26. The zero-order valence-electron chi connectivity index (χ0n) is 13.0. The highest BCUT2D eigenvalue weighted by molar-refractivity contribution is 9.10. The molecule has 0 fully saturated rings. The van der Waals surface area contributed by atoms with Gasteiger partial charge in [0, 0.05) is 22.3 Å². The lowest BCUT2D eigenvalue weighted by Crippen LogP contribution is -2.24. The van der Waals surface area contributed by atoms with Gasteiger partial charge in [-0.2, -0.15) is 0 Å². The Hall–Kier alpha value is -2.41. The fourth-order valence-corrected chi connectivity index (χ4v) is 2.35. The minimum Gasteiger partial charge on any atom is -0.374 e. The second-order valence-electron chi connectivity index (χ2n) is 4.97. The summed E-state index contributed by atoms with van der Waals surface area (Å²) in [5, 5.41) is 8.09. The quantitative estimate of drug-likeness (QED) is 0.704. The van der Waals surface area contributed by atoms with E-state index in [2.05, 4.69) is 31.9 Å². The lowest BCUT2D eigenvalue weighted by atomic mass is 10.2. The molecular weight excluding hydrogens is 377 g/mol. The molecule has 2 aromatic carbocycles. The molecule has 7 heteroatoms. The Kier molecular flexibility index (Phi) is 6.31. The molecule has 0 saturated carbocycles. The van der Waals surface area contributed by atoms with Gasteiger partial charge in [0.1, 0.15) is 5.82 Å². The molecule has 2 amide bonds. The molecule has 0 aliphatic rings. The summed E-state index contributed by atoms with van der Waals surface area (Å²) < 4.78 is 14.3. The van der Waals surface area contributed by atoms with Crippen LogP contribution in [-0.2, 0) is 4.79 Å². The third-order valence-corrected chi connectivity index (χ3v) is 3.61. The molecule has 2 rings (SSSR count). The maximum atomic E-state index is 13.7. The molecule has 0 aliphatic heterocycles. The summed E-state index contributed by atoms with van der Waals surface area (Å²) in [7, 11) is 0. The predicted octanol–water partition coefficient (Wildman–Crippen LogP) is 3.39. The molecule has 0 radical (unpaired) electrons. The van der Waals surface area contributed by atoms with Gasteiger partial charge in [-0.15, -0.1) is 0 Å². The molecule has 0 bridgehead atoms. The zero-order valence-corrected chi connectivity index (χ0v) is 14.6. The van der Waals surface area contributed by atoms with Gasteiger partial charge in [0.15, 0.2) is 0 Å². The lowest BCUT2D eigenvalue weighted by molar-refractivity contribution is -0.114. The number of hydrogen-bond donors (Lipinski definition) is 3. The number of carbonyl (C=O) groups excluding carboxylic acids is 2. The van der Waals surface area contributed by atoms with E-state index in [-0.39, 0.29) is 24.0 Å². The predicted molar refractivity (Wildman–Crippen MR) is 95.7 cm³/mol. The van der Waals surface area contributed by atoms with Crippen LogP contribution in [0.4, 0.5) is 15.8 Å². The van der Waals surface area contributed by atoms with Crippen molar-refractivity contribution < 1.29 is 14.0 Å². The van der Waals surface area contributed by atoms with Gasteiger partial charge in [-0.1, -0.05) is 22.0 Å². The van der Waals surface area contributed by atoms with Gasteiger partial charge in [-0.25, -0.2) is 4.39 Å². The largest absolute Gasteiger partial charge is 0.374 e. The summed E-state index contributed by atoms with van der Waals surface area (Å²) >= 11 is 3.17. The highest BCUT2D eigenvalue weighted by atomic mass is 79.9. The van der Waals surface area contributed by atoms with Crippen molar-refractivity contribution in [2.45, 2.75) is 6.92 Å². The maximum Gasteiger partial charge on any atom is 0.251 e. The lowest BCUT2D eigenvalue weighted by Gasteiger charge is -2.10. The second kappa shape index (κ2) is 8.44. The van der Waals surface area contributed by atoms with E-state index in [4.69, 9.17) is 0 Å². The Balaban J connectivity index is 1.95. The van der Waals surface area contributed by atoms with Crippen molar-refractivity contribution in [3.63, 3.8) is 0 Å². The SMILES string of the molecule is CCNC(=O)c1cccc(NC(=O)CNc2ccc(Br)cc2F)c1. The van der Waals surface area contributed by atoms with E-state index < -0.39 is 5.82 Å². The number of benzene rings is 2. The molecule has 126 valence electrons. The van der Waals surface area contributed by atoms with Crippen molar-refractivity contribution in [3.8, 4) is 0 Å². The molecule has 0 aliphatic carbocycles. The number of amides is 2. The van der Waals surface area contributed by atoms with Crippen LogP contribution in [0.1, 0.15) is 17.3 Å². The fraction of sp³-hybridized carbons (Fsp3) is 0.176. The highest BCUT2D eigenvalue weighted by Gasteiger charge is 2.08. The number of rotatable bonds is 6. The first-order valence-electron chi connectivity index (χ1n) is 7.36. The summed E-state index contributed by atoms with van der Waals surface area (Å²) in [4.78, 5) is 23.7. The average molecular weight is 394 g/mol. The van der Waals surface area contributed by atoms with Gasteiger partial charge in [0.25, 0.3) is 5.91 Å². The van der Waals surface area contributed by atoms with E-state index in [0.29, 0.717) is 22.3 Å². The molecule has 24 heavy (non-hydrogen) atoms. The standard InChI is InChI=1S/C17H17BrFN3O2/c1-2-20-17(24)11-4-3-5-13(8-11)22-16(23)10-21-15-7-6-12(18)9-14(15)19/h3-9,21H,2,10H2,1H3,(H,20,24)(H,22,23). The zero-order chi connectivity index (χ0) is 17.5. The van der Waals surface area contributed by atoms with E-state index in [0.717, 1.165) is 0 Å². The topological polar surface area (TPSA) is 70.2 Å². The summed E-state index contributed by atoms with van der Waals surface area (Å²) in [6.07, 6.45) is 0. The Labute approximate surface area is 147 Å². The third-order valence-electron chi connectivity index (χ3n) is 3.12. The van der Waals surface area contributed by atoms with Crippen molar-refractivity contribution in [3.05, 3.63) is 58.3 Å². The van der Waals surface area contributed by atoms with Crippen molar-refractivity contribution in [2.75, 3.05) is 23.7 Å². The number of carbonyl (C=O) groups is 2. The van der Waals surface area contributed by atoms with Crippen LogP contribution in [0, 0.1) is 5.82 Å². The average Bonchev–Trinajstić information content (AvgIpc) is 2.54. The van der Waals surface area contributed by atoms with Crippen LogP contribution in [0.3, 0.4) is 0 Å². The smallest absolute Gasteiger partial charge is 0.251 e. The number of hydrogen-bond acceptors (Lipinski definition) is 3. The first-order valence-corrected chi connectivity index (χ1v) is 8.16. The second-order valence-corrected chi connectivity index (χ2v) is 5.88. The third kappa shape index (κ3) is 5.06. The fourth-order valence-electron chi connectivity index (χ4n) is 2.01. The van der Waals surface area contributed by atoms with Gasteiger partial charge < -0.3 is 16.0 Å². The summed E-state index contributed by atoms with van der Waals surface area (Å²) in [6, 6.07) is 11.2. The van der Waals surface area contributed by atoms with E-state index in [1.54, 1.807) is 36.4 Å². The highest BCUT2D eigenvalue weighted by Crippen LogP contribution is 2.19. The van der Waals surface area contributed by atoms with Gasteiger partial charge >= 0.3 is 0 Å². The monoisotopic (exact) mass is 393 g/mol. The van der Waals surface area contributed by atoms with Crippen LogP contribution in [0.2, 0.25) is 0 Å². The molecule has 0 spiro atoms. The molecule has 0 saturated heterocycles. The van der Waals surface area contributed by atoms with E-state index >= 15 is 0 Å². The summed E-state index contributed by atoms with van der Waals surface area (Å²) in [5.74, 6) is -0.996. The van der Waals surface area contributed by atoms with Gasteiger partial charge in [0.05, 0.1) is 12.2 Å². The summed E-state index contributed by atoms with van der Waals surface area (Å²) in [5.41, 5.74) is 1.20. The molecular formula is C17H17BrFN3O2. The van der Waals surface area contributed by atoms with Crippen LogP contribution < -0.4 is 16.0 Å². The van der Waals surface area contributed by atoms with E-state index in [1.807, 2.05) is 6.92 Å². The first kappa shape index (κ1) is 17.9. The maximum absolute atomic E-state index is 13.7. The van der Waals surface area contributed by atoms with Crippen LogP contribution in [0.25, 0.3) is 0 Å². The van der Waals surface area contributed by atoms with Gasteiger partial charge in [-0.05, 0) is 43.3 Å². The van der Waals surface area contributed by atoms with Crippen molar-refractivity contribution >= 4 is 39.1 Å². The molecule has 0 unspecified atom stereocenters. The molecule has 0 heterocycles. The van der Waals surface area contributed by atoms with Crippen molar-refractivity contribution in [1.82, 2.24) is 5.32 Å². The Morgan fingerprint density at radius 1 is 1.17 bits per heavy atom. The first-order chi connectivity index (χ1) is 11.5. The Bertz CT molecular complexity index is 752. The van der Waals surface area contributed by atoms with Crippen LogP contribution in [0.5, 0.6) is 0 Å². The van der Waals surface area contributed by atoms with E-state index in [1.165, 1.54) is 6.07 Å².